The van der Waals surface area contributed by atoms with E-state index in [1.54, 1.807) is 14.2 Å². The fourth-order valence-electron chi connectivity index (χ4n) is 1.22. The number of methoxy groups -OCH3 is 2. The van der Waals surface area contributed by atoms with Gasteiger partial charge in [-0.05, 0) is 19.8 Å². The van der Waals surface area contributed by atoms with Crippen LogP contribution in [0.25, 0.3) is 0 Å². The highest BCUT2D eigenvalue weighted by atomic mass is 28.1. The lowest BCUT2D eigenvalue weighted by molar-refractivity contribution is -0.127. The van der Waals surface area contributed by atoms with Crippen molar-refractivity contribution in [1.29, 1.82) is 0 Å². The van der Waals surface area contributed by atoms with Gasteiger partial charge in [-0.25, -0.2) is 0 Å². The lowest BCUT2D eigenvalue weighted by Crippen LogP contribution is -2.29. The standard InChI is InChI=1S/C6H13N.C4H12O2Si/c7-6-4-2-1-3-5-6;1-4(7,5-2)6-3/h6H,1-5,7H2;1-3,7H3. The van der Waals surface area contributed by atoms with E-state index in [1.807, 2.05) is 6.92 Å². The summed E-state index contributed by atoms with van der Waals surface area (Å²) in [6.45, 7) is 1.92. The van der Waals surface area contributed by atoms with Crippen LogP contribution in [0, 0.1) is 0 Å². The van der Waals surface area contributed by atoms with Crippen molar-refractivity contribution in [2.24, 2.45) is 5.73 Å². The Morgan fingerprint density at radius 1 is 1.14 bits per heavy atom. The van der Waals surface area contributed by atoms with Crippen LogP contribution in [0.2, 0.25) is 0 Å². The quantitative estimate of drug-likeness (QED) is 0.546. The van der Waals surface area contributed by atoms with Crippen LogP contribution in [0.3, 0.4) is 0 Å². The van der Waals surface area contributed by atoms with Crippen LogP contribution >= 0.6 is 0 Å². The van der Waals surface area contributed by atoms with E-state index >= 15 is 0 Å². The van der Waals surface area contributed by atoms with Crippen molar-refractivity contribution < 1.29 is 9.47 Å². The molecular formula is C10H25NO2Si. The second kappa shape index (κ2) is 7.40. The number of hydrogen-bond acceptors (Lipinski definition) is 3. The summed E-state index contributed by atoms with van der Waals surface area (Å²) < 4.78 is 9.85. The van der Waals surface area contributed by atoms with Gasteiger partial charge in [0.1, 0.15) is 5.41 Å². The Morgan fingerprint density at radius 3 is 1.71 bits per heavy atom. The summed E-state index contributed by atoms with van der Waals surface area (Å²) in [5.74, 6) is 0. The van der Waals surface area contributed by atoms with Crippen molar-refractivity contribution in [3.8, 4) is 0 Å². The summed E-state index contributed by atoms with van der Waals surface area (Å²) in [6, 6.07) is 0.536. The van der Waals surface area contributed by atoms with Gasteiger partial charge in [0.15, 0.2) is 0 Å². The summed E-state index contributed by atoms with van der Waals surface area (Å²) in [4.78, 5) is 0. The SMILES string of the molecule is COC(C)([SiH3])OC.NC1CCCCC1. The van der Waals surface area contributed by atoms with Crippen LogP contribution in [-0.2, 0) is 9.47 Å². The minimum Gasteiger partial charge on any atom is -0.358 e. The summed E-state index contributed by atoms with van der Waals surface area (Å²) in [5, 5.41) is 0. The summed E-state index contributed by atoms with van der Waals surface area (Å²) >= 11 is 0. The molecule has 0 amide bonds. The first-order valence-electron chi connectivity index (χ1n) is 5.37. The molecular weight excluding hydrogens is 194 g/mol. The highest BCUT2D eigenvalue weighted by molar-refractivity contribution is 6.13. The maximum absolute atomic E-state index is 5.63. The molecule has 0 heterocycles. The Bertz CT molecular complexity index is 130. The molecule has 2 N–H and O–H groups in total. The second-order valence-electron chi connectivity index (χ2n) is 4.21. The number of nitrogens with two attached hydrogens (primary N) is 1. The van der Waals surface area contributed by atoms with Gasteiger partial charge in [0.25, 0.3) is 0 Å². The van der Waals surface area contributed by atoms with Crippen molar-refractivity contribution in [3.05, 3.63) is 0 Å². The van der Waals surface area contributed by atoms with Crippen molar-refractivity contribution in [3.63, 3.8) is 0 Å². The Morgan fingerprint density at radius 2 is 1.57 bits per heavy atom. The van der Waals surface area contributed by atoms with E-state index in [1.165, 1.54) is 32.1 Å². The maximum Gasteiger partial charge on any atom is 0.138 e. The van der Waals surface area contributed by atoms with E-state index < -0.39 is 0 Å². The lowest BCUT2D eigenvalue weighted by atomic mass is 9.97. The second-order valence-corrected chi connectivity index (χ2v) is 6.02. The molecule has 0 saturated heterocycles. The van der Waals surface area contributed by atoms with Gasteiger partial charge >= 0.3 is 0 Å². The zero-order valence-electron chi connectivity index (χ0n) is 10.0. The van der Waals surface area contributed by atoms with Crippen LogP contribution in [0.1, 0.15) is 39.0 Å². The largest absolute Gasteiger partial charge is 0.358 e. The average molecular weight is 219 g/mol. The predicted molar refractivity (Wildman–Crippen MR) is 63.4 cm³/mol. The molecule has 86 valence electrons. The van der Waals surface area contributed by atoms with Crippen LogP contribution in [-0.4, -0.2) is 35.9 Å². The Kier molecular flexibility index (Phi) is 7.45. The highest BCUT2D eigenvalue weighted by Gasteiger charge is 2.11. The molecule has 0 aromatic rings. The van der Waals surface area contributed by atoms with Crippen LogP contribution in [0.15, 0.2) is 0 Å². The molecule has 0 aromatic carbocycles. The molecule has 1 aliphatic rings. The van der Waals surface area contributed by atoms with Gasteiger partial charge in [-0.2, -0.15) is 0 Å². The van der Waals surface area contributed by atoms with Crippen molar-refractivity contribution in [2.75, 3.05) is 14.2 Å². The van der Waals surface area contributed by atoms with Gasteiger partial charge in [-0.3, -0.25) is 0 Å². The molecule has 1 saturated carbocycles. The summed E-state index contributed by atoms with van der Waals surface area (Å²) in [6.07, 6.45) is 6.66. The van der Waals surface area contributed by atoms with E-state index in [2.05, 4.69) is 0 Å². The van der Waals surface area contributed by atoms with Gasteiger partial charge in [0.2, 0.25) is 0 Å². The molecule has 4 heteroatoms. The normalized spacial score (nSPS) is 18.9. The van der Waals surface area contributed by atoms with Gasteiger partial charge in [-0.15, -0.1) is 0 Å². The number of ether oxygens (including phenoxy) is 2. The zero-order chi connectivity index (χ0) is 11.0. The number of rotatable bonds is 2. The molecule has 1 fully saturated rings. The van der Waals surface area contributed by atoms with Crippen molar-refractivity contribution in [1.82, 2.24) is 0 Å². The zero-order valence-corrected chi connectivity index (χ0v) is 12.0. The Hall–Kier alpha value is 0.0969. The van der Waals surface area contributed by atoms with Crippen LogP contribution in [0.5, 0.6) is 0 Å². The first-order chi connectivity index (χ1) is 6.52. The molecule has 0 aromatic heterocycles. The van der Waals surface area contributed by atoms with Crippen LogP contribution < -0.4 is 5.73 Å². The summed E-state index contributed by atoms with van der Waals surface area (Å²) in [7, 11) is 4.20. The smallest absolute Gasteiger partial charge is 0.138 e. The fraction of sp³-hybridized carbons (Fsp3) is 1.00. The molecule has 14 heavy (non-hydrogen) atoms. The van der Waals surface area contributed by atoms with E-state index in [0.717, 1.165) is 10.2 Å². The molecule has 0 bridgehead atoms. The topological polar surface area (TPSA) is 44.5 Å². The van der Waals surface area contributed by atoms with Crippen molar-refractivity contribution in [2.45, 2.75) is 50.5 Å². The minimum atomic E-state index is -0.278. The molecule has 0 aliphatic heterocycles. The molecule has 1 aliphatic carbocycles. The maximum atomic E-state index is 5.63. The van der Waals surface area contributed by atoms with E-state index in [0.29, 0.717) is 6.04 Å². The molecule has 1 rings (SSSR count). The van der Waals surface area contributed by atoms with Crippen molar-refractivity contribution >= 4 is 10.2 Å². The monoisotopic (exact) mass is 219 g/mol. The van der Waals surface area contributed by atoms with Gasteiger partial charge < -0.3 is 15.2 Å². The Labute approximate surface area is 90.8 Å². The predicted octanol–water partition coefficient (Wildman–Crippen LogP) is 0.596. The fourth-order valence-corrected chi connectivity index (χ4v) is 1.22. The molecule has 3 nitrogen and oxygen atoms in total. The van der Waals surface area contributed by atoms with E-state index in [4.69, 9.17) is 15.2 Å². The Balaban J connectivity index is 0.000000241. The van der Waals surface area contributed by atoms with Gasteiger partial charge in [-0.1, -0.05) is 19.3 Å². The molecule has 0 spiro atoms. The summed E-state index contributed by atoms with van der Waals surface area (Å²) in [5.41, 5.74) is 5.36. The van der Waals surface area contributed by atoms with Gasteiger partial charge in [0, 0.05) is 20.3 Å². The molecule has 0 radical (unpaired) electrons. The molecule has 0 unspecified atom stereocenters. The highest BCUT2D eigenvalue weighted by Crippen LogP contribution is 2.14. The van der Waals surface area contributed by atoms with Gasteiger partial charge in [0.05, 0.1) is 10.2 Å². The first-order valence-corrected chi connectivity index (χ1v) is 6.37. The van der Waals surface area contributed by atoms with E-state index in [9.17, 15) is 0 Å². The lowest BCUT2D eigenvalue weighted by Gasteiger charge is -2.20. The number of hydrogen-bond donors (Lipinski definition) is 1. The first kappa shape index (κ1) is 14.1. The van der Waals surface area contributed by atoms with Crippen LogP contribution in [0.4, 0.5) is 0 Å². The minimum absolute atomic E-state index is 0.278. The van der Waals surface area contributed by atoms with E-state index in [-0.39, 0.29) is 5.41 Å². The third-order valence-corrected chi connectivity index (χ3v) is 3.45. The third kappa shape index (κ3) is 7.50. The third-order valence-electron chi connectivity index (χ3n) is 2.63. The average Bonchev–Trinajstić information content (AvgIpc) is 2.20. The molecule has 0 atom stereocenters.